The minimum absolute atomic E-state index is 0.0953. The van der Waals surface area contributed by atoms with Crippen molar-refractivity contribution in [1.82, 2.24) is 19.4 Å². The van der Waals surface area contributed by atoms with Gasteiger partial charge >= 0.3 is 0 Å². The predicted molar refractivity (Wildman–Crippen MR) is 139 cm³/mol. The van der Waals surface area contributed by atoms with Crippen LogP contribution in [0.1, 0.15) is 12.5 Å². The van der Waals surface area contributed by atoms with Crippen LogP contribution in [0.25, 0.3) is 10.9 Å². The van der Waals surface area contributed by atoms with Crippen LogP contribution in [0.2, 0.25) is 0 Å². The van der Waals surface area contributed by atoms with Crippen LogP contribution in [0.5, 0.6) is 17.2 Å². The smallest absolute Gasteiger partial charge is 0.254 e. The van der Waals surface area contributed by atoms with E-state index in [2.05, 4.69) is 15.3 Å². The summed E-state index contributed by atoms with van der Waals surface area (Å²) in [6, 6.07) is 12.6. The van der Waals surface area contributed by atoms with Gasteiger partial charge < -0.3 is 30.0 Å². The molecule has 0 aliphatic heterocycles. The Kier molecular flexibility index (Phi) is 7.17. The van der Waals surface area contributed by atoms with Crippen LogP contribution in [0, 0.1) is 6.92 Å². The van der Waals surface area contributed by atoms with Crippen LogP contribution >= 0.6 is 0 Å². The Morgan fingerprint density at radius 3 is 2.63 bits per heavy atom. The molecule has 0 amide bonds. The lowest BCUT2D eigenvalue weighted by atomic mass is 10.1. The van der Waals surface area contributed by atoms with Crippen molar-refractivity contribution in [2.75, 3.05) is 38.3 Å². The van der Waals surface area contributed by atoms with Crippen molar-refractivity contribution in [2.45, 2.75) is 20.4 Å². The number of rotatable bonds is 9. The van der Waals surface area contributed by atoms with Crippen molar-refractivity contribution in [3.63, 3.8) is 0 Å². The van der Waals surface area contributed by atoms with E-state index in [1.165, 1.54) is 12.4 Å². The summed E-state index contributed by atoms with van der Waals surface area (Å²) >= 11 is 0. The Bertz CT molecular complexity index is 1400. The van der Waals surface area contributed by atoms with E-state index in [0.29, 0.717) is 41.9 Å². The summed E-state index contributed by atoms with van der Waals surface area (Å²) in [4.78, 5) is 22.9. The molecule has 9 heteroatoms. The first-order valence-corrected chi connectivity index (χ1v) is 11.4. The summed E-state index contributed by atoms with van der Waals surface area (Å²) in [6.07, 6.45) is 3.24. The van der Waals surface area contributed by atoms with Crippen molar-refractivity contribution in [2.24, 2.45) is 0 Å². The van der Waals surface area contributed by atoms with Crippen molar-refractivity contribution < 1.29 is 9.47 Å². The summed E-state index contributed by atoms with van der Waals surface area (Å²) in [5, 5.41) is 4.14. The molecule has 0 fully saturated rings. The Balaban J connectivity index is 1.53. The molecular weight excluding hydrogens is 444 g/mol. The summed E-state index contributed by atoms with van der Waals surface area (Å²) < 4.78 is 13.4. The molecule has 0 saturated carbocycles. The standard InChI is InChI=1S/C26H30N6O3/c1-5-32-9-8-19(13-25(32)33)35-23-7-6-18(12-17(23)2)30-26-20-14-21(27)24(34-11-10-31(3)4)15-22(20)28-16-29-26/h6-9,12-16H,5,10-11,27H2,1-4H3,(H,28,29,30). The minimum atomic E-state index is -0.0953. The molecule has 0 radical (unpaired) electrons. The number of aromatic nitrogens is 3. The highest BCUT2D eigenvalue weighted by Crippen LogP contribution is 2.33. The van der Waals surface area contributed by atoms with E-state index in [1.807, 2.05) is 63.2 Å². The molecule has 0 saturated heterocycles. The first-order valence-electron chi connectivity index (χ1n) is 11.4. The van der Waals surface area contributed by atoms with Gasteiger partial charge in [-0.2, -0.15) is 0 Å². The Morgan fingerprint density at radius 2 is 1.91 bits per heavy atom. The molecule has 4 rings (SSSR count). The molecule has 35 heavy (non-hydrogen) atoms. The van der Waals surface area contributed by atoms with E-state index in [9.17, 15) is 4.79 Å². The summed E-state index contributed by atoms with van der Waals surface area (Å²) in [6.45, 7) is 5.80. The molecule has 0 atom stereocenters. The normalized spacial score (nSPS) is 11.1. The number of hydrogen-bond donors (Lipinski definition) is 2. The van der Waals surface area contributed by atoms with E-state index < -0.39 is 0 Å². The maximum Gasteiger partial charge on any atom is 0.254 e. The number of nitrogen functional groups attached to an aromatic ring is 1. The van der Waals surface area contributed by atoms with Crippen LogP contribution in [-0.2, 0) is 6.54 Å². The van der Waals surface area contributed by atoms with Gasteiger partial charge in [-0.3, -0.25) is 4.79 Å². The zero-order chi connectivity index (χ0) is 24.9. The van der Waals surface area contributed by atoms with E-state index >= 15 is 0 Å². The molecule has 9 nitrogen and oxygen atoms in total. The van der Waals surface area contributed by atoms with Gasteiger partial charge in [0.2, 0.25) is 0 Å². The Morgan fingerprint density at radius 1 is 1.09 bits per heavy atom. The second-order valence-electron chi connectivity index (χ2n) is 8.48. The van der Waals surface area contributed by atoms with Crippen molar-refractivity contribution >= 4 is 28.1 Å². The number of nitrogens with two attached hydrogens (primary N) is 1. The quantitative estimate of drug-likeness (QED) is 0.348. The van der Waals surface area contributed by atoms with Gasteiger partial charge in [0.05, 0.1) is 11.2 Å². The highest BCUT2D eigenvalue weighted by Gasteiger charge is 2.11. The van der Waals surface area contributed by atoms with Gasteiger partial charge in [0.1, 0.15) is 36.0 Å². The monoisotopic (exact) mass is 474 g/mol. The van der Waals surface area contributed by atoms with E-state index in [4.69, 9.17) is 15.2 Å². The van der Waals surface area contributed by atoms with Crippen molar-refractivity contribution in [3.05, 3.63) is 70.9 Å². The number of pyridine rings is 1. The third-order valence-corrected chi connectivity index (χ3v) is 5.54. The molecule has 0 bridgehead atoms. The third-order valence-electron chi connectivity index (χ3n) is 5.54. The molecule has 2 heterocycles. The van der Waals surface area contributed by atoms with E-state index in [1.54, 1.807) is 16.8 Å². The largest absolute Gasteiger partial charge is 0.490 e. The van der Waals surface area contributed by atoms with E-state index in [-0.39, 0.29) is 5.56 Å². The molecule has 0 aliphatic carbocycles. The fourth-order valence-electron chi connectivity index (χ4n) is 3.58. The average Bonchev–Trinajstić information content (AvgIpc) is 2.81. The first-order chi connectivity index (χ1) is 16.8. The number of hydrogen-bond acceptors (Lipinski definition) is 8. The fourth-order valence-corrected chi connectivity index (χ4v) is 3.58. The van der Waals surface area contributed by atoms with Crippen LogP contribution < -0.4 is 26.1 Å². The van der Waals surface area contributed by atoms with Crippen molar-refractivity contribution in [3.8, 4) is 17.2 Å². The molecule has 2 aromatic heterocycles. The molecule has 3 N–H and O–H groups in total. The number of likely N-dealkylation sites (N-methyl/N-ethyl adjacent to an activating group) is 1. The van der Waals surface area contributed by atoms with Crippen LogP contribution in [0.3, 0.4) is 0 Å². The van der Waals surface area contributed by atoms with Crippen LogP contribution in [0.15, 0.2) is 59.8 Å². The lowest BCUT2D eigenvalue weighted by molar-refractivity contribution is 0.262. The van der Waals surface area contributed by atoms with Gasteiger partial charge in [-0.05, 0) is 63.8 Å². The number of anilines is 3. The molecule has 2 aromatic carbocycles. The molecular formula is C26H30N6O3. The number of benzene rings is 2. The molecule has 182 valence electrons. The van der Waals surface area contributed by atoms with E-state index in [0.717, 1.165) is 28.7 Å². The summed E-state index contributed by atoms with van der Waals surface area (Å²) in [7, 11) is 3.98. The second-order valence-corrected chi connectivity index (χ2v) is 8.48. The van der Waals surface area contributed by atoms with Gasteiger partial charge in [-0.1, -0.05) is 0 Å². The molecule has 4 aromatic rings. The maximum absolute atomic E-state index is 12.1. The lowest BCUT2D eigenvalue weighted by Gasteiger charge is -2.15. The molecule has 0 spiro atoms. The van der Waals surface area contributed by atoms with Crippen LogP contribution in [0.4, 0.5) is 17.2 Å². The Labute approximate surface area is 204 Å². The number of nitrogens with one attached hydrogen (secondary N) is 1. The zero-order valence-corrected chi connectivity index (χ0v) is 20.4. The summed E-state index contributed by atoms with van der Waals surface area (Å²) in [5.74, 6) is 2.41. The fraction of sp³-hybridized carbons (Fsp3) is 0.269. The molecule has 0 unspecified atom stereocenters. The van der Waals surface area contributed by atoms with Crippen LogP contribution in [-0.4, -0.2) is 46.7 Å². The number of fused-ring (bicyclic) bond motifs is 1. The highest BCUT2D eigenvalue weighted by molar-refractivity contribution is 5.94. The Hall–Kier alpha value is -4.11. The van der Waals surface area contributed by atoms with Gasteiger partial charge in [0, 0.05) is 42.5 Å². The number of nitrogens with zero attached hydrogens (tertiary/aromatic N) is 4. The second kappa shape index (κ2) is 10.4. The first kappa shape index (κ1) is 24.0. The lowest BCUT2D eigenvalue weighted by Crippen LogP contribution is -2.19. The predicted octanol–water partition coefficient (Wildman–Crippen LogP) is 4.18. The third kappa shape index (κ3) is 5.70. The van der Waals surface area contributed by atoms with Gasteiger partial charge in [-0.15, -0.1) is 0 Å². The summed E-state index contributed by atoms with van der Waals surface area (Å²) in [5.41, 5.74) is 9.15. The van der Waals surface area contributed by atoms with Crippen molar-refractivity contribution in [1.29, 1.82) is 0 Å². The number of aryl methyl sites for hydroxylation is 2. The molecule has 0 aliphatic rings. The highest BCUT2D eigenvalue weighted by atomic mass is 16.5. The minimum Gasteiger partial charge on any atom is -0.490 e. The van der Waals surface area contributed by atoms with Gasteiger partial charge in [0.15, 0.2) is 0 Å². The SMILES string of the molecule is CCn1ccc(Oc2ccc(Nc3ncnc4cc(OCCN(C)C)c(N)cc34)cc2C)cc1=O. The van der Waals surface area contributed by atoms with Gasteiger partial charge in [0.25, 0.3) is 5.56 Å². The average molecular weight is 475 g/mol. The topological polar surface area (TPSA) is 108 Å². The zero-order valence-electron chi connectivity index (χ0n) is 20.4. The number of ether oxygens (including phenoxy) is 2. The van der Waals surface area contributed by atoms with Gasteiger partial charge in [-0.25, -0.2) is 9.97 Å². The maximum atomic E-state index is 12.1.